The number of hydrogen-bond acceptors (Lipinski definition) is 3. The summed E-state index contributed by atoms with van der Waals surface area (Å²) in [6.07, 6.45) is 3.67. The van der Waals surface area contributed by atoms with Gasteiger partial charge in [-0.1, -0.05) is 54.6 Å². The number of hydrogen-bond donors (Lipinski definition) is 0. The van der Waals surface area contributed by atoms with Crippen LogP contribution in [0.1, 0.15) is 54.2 Å². The van der Waals surface area contributed by atoms with E-state index < -0.39 is 5.41 Å². The van der Waals surface area contributed by atoms with Gasteiger partial charge in [0.25, 0.3) is 0 Å². The zero-order chi connectivity index (χ0) is 22.7. The van der Waals surface area contributed by atoms with Crippen molar-refractivity contribution in [2.75, 3.05) is 19.8 Å². The van der Waals surface area contributed by atoms with Crippen LogP contribution in [0.4, 0.5) is 4.39 Å². The molecule has 1 amide bonds. The van der Waals surface area contributed by atoms with Crippen molar-refractivity contribution in [3.05, 3.63) is 101 Å². The molecule has 1 unspecified atom stereocenters. The smallest absolute Gasteiger partial charge is 0.233 e. The van der Waals surface area contributed by atoms with Gasteiger partial charge in [-0.3, -0.25) is 9.78 Å². The first-order valence-electron chi connectivity index (χ1n) is 11.8. The second-order valence-electron chi connectivity index (χ2n) is 9.04. The number of ether oxygens (including phenoxy) is 1. The first-order chi connectivity index (χ1) is 16.2. The highest BCUT2D eigenvalue weighted by Gasteiger charge is 2.46. The average molecular weight is 445 g/mol. The number of aromatic nitrogens is 1. The van der Waals surface area contributed by atoms with Crippen LogP contribution in [-0.2, 0) is 21.4 Å². The highest BCUT2D eigenvalue weighted by atomic mass is 19.1. The van der Waals surface area contributed by atoms with Crippen LogP contribution in [0.3, 0.4) is 0 Å². The number of carbonyl (C=O) groups is 1. The van der Waals surface area contributed by atoms with E-state index in [1.54, 1.807) is 12.1 Å². The molecule has 2 saturated heterocycles. The molecule has 3 heterocycles. The second-order valence-corrected chi connectivity index (χ2v) is 9.04. The maximum atomic E-state index is 14.2. The van der Waals surface area contributed by atoms with Gasteiger partial charge in [-0.05, 0) is 55.0 Å². The Morgan fingerprint density at radius 3 is 2.55 bits per heavy atom. The zero-order valence-electron chi connectivity index (χ0n) is 18.8. The van der Waals surface area contributed by atoms with Crippen molar-refractivity contribution in [2.24, 2.45) is 0 Å². The highest BCUT2D eigenvalue weighted by molar-refractivity contribution is 5.89. The molecule has 5 heteroatoms. The number of benzene rings is 2. The third-order valence-corrected chi connectivity index (χ3v) is 7.09. The summed E-state index contributed by atoms with van der Waals surface area (Å²) in [5.74, 6) is -0.0347. The molecular weight excluding hydrogens is 415 g/mol. The monoisotopic (exact) mass is 444 g/mol. The number of likely N-dealkylation sites (tertiary alicyclic amines) is 1. The normalized spacial score (nSPS) is 20.0. The van der Waals surface area contributed by atoms with Gasteiger partial charge in [0.15, 0.2) is 0 Å². The zero-order valence-corrected chi connectivity index (χ0v) is 18.8. The molecule has 1 atom stereocenters. The lowest BCUT2D eigenvalue weighted by Gasteiger charge is -2.40. The fourth-order valence-corrected chi connectivity index (χ4v) is 5.31. The molecule has 2 fully saturated rings. The predicted molar refractivity (Wildman–Crippen MR) is 125 cm³/mol. The van der Waals surface area contributed by atoms with E-state index in [4.69, 9.17) is 9.72 Å². The second kappa shape index (κ2) is 9.44. The van der Waals surface area contributed by atoms with E-state index in [1.807, 2.05) is 47.4 Å². The van der Waals surface area contributed by atoms with Crippen molar-refractivity contribution in [1.29, 1.82) is 0 Å². The molecule has 0 bridgehead atoms. The molecule has 2 aliphatic rings. The van der Waals surface area contributed by atoms with Crippen LogP contribution in [-0.4, -0.2) is 35.5 Å². The summed E-state index contributed by atoms with van der Waals surface area (Å²) < 4.78 is 19.8. The quantitative estimate of drug-likeness (QED) is 0.542. The molecule has 2 aliphatic heterocycles. The van der Waals surface area contributed by atoms with Crippen LogP contribution in [0.15, 0.2) is 72.8 Å². The number of pyridine rings is 1. The van der Waals surface area contributed by atoms with Gasteiger partial charge in [-0.15, -0.1) is 0 Å². The lowest BCUT2D eigenvalue weighted by molar-refractivity contribution is -0.142. The third-order valence-electron chi connectivity index (χ3n) is 7.09. The Morgan fingerprint density at radius 2 is 1.76 bits per heavy atom. The van der Waals surface area contributed by atoms with Gasteiger partial charge >= 0.3 is 0 Å². The van der Waals surface area contributed by atoms with E-state index in [0.29, 0.717) is 38.0 Å². The Labute approximate surface area is 194 Å². The van der Waals surface area contributed by atoms with Gasteiger partial charge in [0.2, 0.25) is 5.91 Å². The summed E-state index contributed by atoms with van der Waals surface area (Å²) in [5.41, 5.74) is 2.87. The predicted octanol–water partition coefficient (Wildman–Crippen LogP) is 5.22. The molecule has 1 aromatic heterocycles. The maximum Gasteiger partial charge on any atom is 0.233 e. The molecule has 0 saturated carbocycles. The maximum absolute atomic E-state index is 14.2. The minimum Gasteiger partial charge on any atom is -0.381 e. The van der Waals surface area contributed by atoms with E-state index in [-0.39, 0.29) is 17.8 Å². The Balaban J connectivity index is 1.43. The highest BCUT2D eigenvalue weighted by Crippen LogP contribution is 2.41. The molecule has 170 valence electrons. The third kappa shape index (κ3) is 4.30. The molecule has 0 N–H and O–H groups in total. The van der Waals surface area contributed by atoms with Crippen LogP contribution in [0, 0.1) is 5.82 Å². The molecule has 33 heavy (non-hydrogen) atoms. The number of rotatable bonds is 5. The van der Waals surface area contributed by atoms with E-state index in [9.17, 15) is 9.18 Å². The molecular formula is C28H29FN2O2. The van der Waals surface area contributed by atoms with Gasteiger partial charge in [-0.2, -0.15) is 0 Å². The average Bonchev–Trinajstić information content (AvgIpc) is 3.36. The molecule has 4 nitrogen and oxygen atoms in total. The lowest BCUT2D eigenvalue weighted by atomic mass is 9.73. The van der Waals surface area contributed by atoms with Gasteiger partial charge < -0.3 is 9.64 Å². The minimum atomic E-state index is -0.549. The summed E-state index contributed by atoms with van der Waals surface area (Å²) in [6, 6.07) is 22.8. The van der Waals surface area contributed by atoms with Crippen molar-refractivity contribution in [2.45, 2.75) is 43.6 Å². The SMILES string of the molecule is O=C(N1CCCC1c1cccc(Cc2ccccc2F)n1)C1(c2ccccc2)CCOCC1. The fourth-order valence-electron chi connectivity index (χ4n) is 5.31. The Hall–Kier alpha value is -3.05. The molecule has 0 radical (unpaired) electrons. The van der Waals surface area contributed by atoms with Crippen LogP contribution >= 0.6 is 0 Å². The van der Waals surface area contributed by atoms with Crippen LogP contribution in [0.5, 0.6) is 0 Å². The van der Waals surface area contributed by atoms with Gasteiger partial charge in [0.05, 0.1) is 17.2 Å². The summed E-state index contributed by atoms with van der Waals surface area (Å²) >= 11 is 0. The number of carbonyl (C=O) groups excluding carboxylic acids is 1. The fraction of sp³-hybridized carbons (Fsp3) is 0.357. The molecule has 0 aliphatic carbocycles. The molecule has 3 aromatic rings. The van der Waals surface area contributed by atoms with Crippen LogP contribution < -0.4 is 0 Å². The summed E-state index contributed by atoms with van der Waals surface area (Å²) in [5, 5.41) is 0. The Kier molecular flexibility index (Phi) is 6.23. The van der Waals surface area contributed by atoms with Gasteiger partial charge in [0, 0.05) is 31.9 Å². The number of nitrogens with zero attached hydrogens (tertiary/aromatic N) is 2. The first-order valence-corrected chi connectivity index (χ1v) is 11.8. The van der Waals surface area contributed by atoms with Crippen molar-refractivity contribution in [3.8, 4) is 0 Å². The minimum absolute atomic E-state index is 0.0542. The Bertz CT molecular complexity index is 1110. The van der Waals surface area contributed by atoms with Gasteiger partial charge in [-0.25, -0.2) is 4.39 Å². The van der Waals surface area contributed by atoms with E-state index in [2.05, 4.69) is 12.1 Å². The largest absolute Gasteiger partial charge is 0.381 e. The summed E-state index contributed by atoms with van der Waals surface area (Å²) in [4.78, 5) is 21.0. The van der Waals surface area contributed by atoms with E-state index in [0.717, 1.165) is 36.3 Å². The number of halogens is 1. The summed E-state index contributed by atoms with van der Waals surface area (Å²) in [7, 11) is 0. The van der Waals surface area contributed by atoms with Crippen molar-refractivity contribution in [3.63, 3.8) is 0 Å². The van der Waals surface area contributed by atoms with Crippen LogP contribution in [0.25, 0.3) is 0 Å². The van der Waals surface area contributed by atoms with E-state index in [1.165, 1.54) is 6.07 Å². The van der Waals surface area contributed by atoms with Crippen LogP contribution in [0.2, 0.25) is 0 Å². The Morgan fingerprint density at radius 1 is 1.00 bits per heavy atom. The van der Waals surface area contributed by atoms with Crippen molar-refractivity contribution in [1.82, 2.24) is 9.88 Å². The van der Waals surface area contributed by atoms with Gasteiger partial charge in [0.1, 0.15) is 5.82 Å². The van der Waals surface area contributed by atoms with Crippen molar-refractivity contribution >= 4 is 5.91 Å². The van der Waals surface area contributed by atoms with E-state index >= 15 is 0 Å². The molecule has 5 rings (SSSR count). The molecule has 0 spiro atoms. The first kappa shape index (κ1) is 21.8. The standard InChI is InChI=1S/C28H29FN2O2/c29-24-12-5-4-8-21(24)20-23-11-6-13-25(30-23)26-14-7-17-31(26)27(32)28(15-18-33-19-16-28)22-9-2-1-3-10-22/h1-6,8-13,26H,7,14-20H2. The topological polar surface area (TPSA) is 42.4 Å². The molecule has 2 aromatic carbocycles. The van der Waals surface area contributed by atoms with Crippen molar-refractivity contribution < 1.29 is 13.9 Å². The summed E-state index contributed by atoms with van der Waals surface area (Å²) in [6.45, 7) is 1.92. The lowest BCUT2D eigenvalue weighted by Crippen LogP contribution is -2.49. The number of amides is 1.